The first-order chi connectivity index (χ1) is 14.1. The quantitative estimate of drug-likeness (QED) is 0.612. The van der Waals surface area contributed by atoms with Crippen molar-refractivity contribution in [2.24, 2.45) is 0 Å². The molecule has 1 heterocycles. The summed E-state index contributed by atoms with van der Waals surface area (Å²) >= 11 is 12.1. The average molecular weight is 474 g/mol. The largest absolute Gasteiger partial charge is 0.484 e. The van der Waals surface area contributed by atoms with Crippen LogP contribution < -0.4 is 19.7 Å². The highest BCUT2D eigenvalue weighted by atomic mass is 35.5. The molecule has 9 nitrogen and oxygen atoms in total. The smallest absolute Gasteiger partial charge is 0.409 e. The molecule has 1 aliphatic rings. The Morgan fingerprint density at radius 2 is 2.00 bits per heavy atom. The molecule has 3 rings (SSSR count). The molecule has 2 amide bonds. The number of fused-ring (bicyclic) bond motifs is 1. The fourth-order valence-electron chi connectivity index (χ4n) is 2.91. The van der Waals surface area contributed by atoms with Crippen molar-refractivity contribution in [2.45, 2.75) is 17.9 Å². The Morgan fingerprint density at radius 1 is 1.27 bits per heavy atom. The molecule has 160 valence electrons. The second-order valence-corrected chi connectivity index (χ2v) is 8.99. The van der Waals surface area contributed by atoms with Gasteiger partial charge in [0, 0.05) is 12.6 Å². The molecule has 0 bridgehead atoms. The van der Waals surface area contributed by atoms with E-state index in [1.165, 1.54) is 43.3 Å². The highest BCUT2D eigenvalue weighted by molar-refractivity contribution is 7.93. The highest BCUT2D eigenvalue weighted by Crippen LogP contribution is 2.40. The summed E-state index contributed by atoms with van der Waals surface area (Å²) in [5, 5.41) is 13.7. The van der Waals surface area contributed by atoms with Crippen LogP contribution in [0.5, 0.6) is 5.75 Å². The molecule has 2 aromatic carbocycles. The van der Waals surface area contributed by atoms with Crippen molar-refractivity contribution in [1.29, 1.82) is 0 Å². The second kappa shape index (κ2) is 8.58. The zero-order chi connectivity index (χ0) is 22.1. The molecule has 1 unspecified atom stereocenters. The van der Waals surface area contributed by atoms with Gasteiger partial charge in [0.05, 0.1) is 28.8 Å². The fraction of sp³-hybridized carbons (Fsp3) is 0.222. The SMILES string of the molecule is CC(=O)NCC1CN(S(=O)(=O)c2cccc(Cl)c2Cl)c2cc(NC(=O)O)ccc2O1. The van der Waals surface area contributed by atoms with Crippen molar-refractivity contribution in [3.8, 4) is 5.75 Å². The van der Waals surface area contributed by atoms with E-state index in [2.05, 4.69) is 10.6 Å². The van der Waals surface area contributed by atoms with Crippen molar-refractivity contribution < 1.29 is 27.9 Å². The Kier molecular flexibility index (Phi) is 6.30. The molecular weight excluding hydrogens is 457 g/mol. The van der Waals surface area contributed by atoms with Gasteiger partial charge in [-0.05, 0) is 30.3 Å². The van der Waals surface area contributed by atoms with Crippen molar-refractivity contribution in [1.82, 2.24) is 5.32 Å². The van der Waals surface area contributed by atoms with E-state index < -0.39 is 22.2 Å². The standard InChI is InChI=1S/C18H17Cl2N3O6S/c1-10(24)21-8-12-9-23(30(27,28)16-4-2-3-13(19)17(16)20)14-7-11(22-18(25)26)5-6-15(14)29-12/h2-7,12,22H,8-9H2,1H3,(H,21,24)(H,25,26). The molecule has 0 aliphatic carbocycles. The van der Waals surface area contributed by atoms with Crippen molar-refractivity contribution >= 4 is 56.6 Å². The third-order valence-electron chi connectivity index (χ3n) is 4.20. The van der Waals surface area contributed by atoms with Crippen LogP contribution >= 0.6 is 23.2 Å². The van der Waals surface area contributed by atoms with Gasteiger partial charge in [0.15, 0.2) is 0 Å². The number of ether oxygens (including phenoxy) is 1. The predicted molar refractivity (Wildman–Crippen MR) is 112 cm³/mol. The maximum Gasteiger partial charge on any atom is 0.409 e. The molecule has 0 radical (unpaired) electrons. The Balaban J connectivity index is 2.09. The Morgan fingerprint density at radius 3 is 2.67 bits per heavy atom. The van der Waals surface area contributed by atoms with E-state index in [9.17, 15) is 18.0 Å². The Bertz CT molecular complexity index is 1110. The summed E-state index contributed by atoms with van der Waals surface area (Å²) < 4.78 is 33.7. The third-order valence-corrected chi connectivity index (χ3v) is 6.96. The maximum atomic E-state index is 13.4. The van der Waals surface area contributed by atoms with Crippen LogP contribution in [0.1, 0.15) is 6.92 Å². The summed E-state index contributed by atoms with van der Waals surface area (Å²) in [7, 11) is -4.20. The van der Waals surface area contributed by atoms with Gasteiger partial charge in [0.2, 0.25) is 5.91 Å². The first kappa shape index (κ1) is 22.0. The monoisotopic (exact) mass is 473 g/mol. The van der Waals surface area contributed by atoms with Gasteiger partial charge in [0.25, 0.3) is 10.0 Å². The van der Waals surface area contributed by atoms with Crippen LogP contribution in [0.4, 0.5) is 16.2 Å². The topological polar surface area (TPSA) is 125 Å². The number of carbonyl (C=O) groups excluding carboxylic acids is 1. The van der Waals surface area contributed by atoms with Gasteiger partial charge >= 0.3 is 6.09 Å². The number of anilines is 2. The summed E-state index contributed by atoms with van der Waals surface area (Å²) in [4.78, 5) is 22.0. The van der Waals surface area contributed by atoms with Crippen molar-refractivity contribution in [3.63, 3.8) is 0 Å². The minimum atomic E-state index is -4.20. The van der Waals surface area contributed by atoms with Gasteiger partial charge in [0.1, 0.15) is 16.7 Å². The molecule has 0 fully saturated rings. The van der Waals surface area contributed by atoms with E-state index in [1.54, 1.807) is 0 Å². The fourth-order valence-corrected chi connectivity index (χ4v) is 5.14. The number of carboxylic acid groups (broad SMARTS) is 1. The van der Waals surface area contributed by atoms with E-state index in [0.717, 1.165) is 4.31 Å². The third kappa shape index (κ3) is 4.55. The number of halogens is 2. The van der Waals surface area contributed by atoms with Gasteiger partial charge < -0.3 is 15.2 Å². The number of rotatable bonds is 5. The summed E-state index contributed by atoms with van der Waals surface area (Å²) in [5.41, 5.74) is 0.277. The summed E-state index contributed by atoms with van der Waals surface area (Å²) in [6, 6.07) is 8.47. The number of amides is 2. The van der Waals surface area contributed by atoms with Crippen LogP contribution in [0.3, 0.4) is 0 Å². The lowest BCUT2D eigenvalue weighted by molar-refractivity contribution is -0.119. The van der Waals surface area contributed by atoms with Crippen LogP contribution in [0.25, 0.3) is 0 Å². The highest BCUT2D eigenvalue weighted by Gasteiger charge is 2.36. The molecule has 12 heteroatoms. The van der Waals surface area contributed by atoms with Gasteiger partial charge in [-0.1, -0.05) is 29.3 Å². The van der Waals surface area contributed by atoms with Gasteiger partial charge in [-0.3, -0.25) is 14.4 Å². The molecule has 1 atom stereocenters. The molecule has 0 spiro atoms. The number of benzene rings is 2. The Labute approximate surface area is 182 Å². The van der Waals surface area contributed by atoms with E-state index in [0.29, 0.717) is 0 Å². The Hall–Kier alpha value is -2.69. The van der Waals surface area contributed by atoms with E-state index in [4.69, 9.17) is 33.0 Å². The zero-order valence-electron chi connectivity index (χ0n) is 15.6. The van der Waals surface area contributed by atoms with Gasteiger partial charge in [-0.25, -0.2) is 13.2 Å². The molecular formula is C18H17Cl2N3O6S. The van der Waals surface area contributed by atoms with E-state index in [1.807, 2.05) is 0 Å². The molecule has 0 saturated carbocycles. The van der Waals surface area contributed by atoms with Crippen LogP contribution in [0, 0.1) is 0 Å². The van der Waals surface area contributed by atoms with Crippen LogP contribution in [0.2, 0.25) is 10.0 Å². The number of sulfonamides is 1. The number of nitrogens with one attached hydrogen (secondary N) is 2. The lowest BCUT2D eigenvalue weighted by atomic mass is 10.2. The normalized spacial score (nSPS) is 15.7. The molecule has 0 aromatic heterocycles. The van der Waals surface area contributed by atoms with Crippen molar-refractivity contribution in [2.75, 3.05) is 22.7 Å². The van der Waals surface area contributed by atoms with E-state index >= 15 is 0 Å². The minimum Gasteiger partial charge on any atom is -0.484 e. The van der Waals surface area contributed by atoms with Crippen LogP contribution in [-0.4, -0.2) is 44.7 Å². The van der Waals surface area contributed by atoms with Gasteiger partial charge in [-0.2, -0.15) is 0 Å². The molecule has 3 N–H and O–H groups in total. The summed E-state index contributed by atoms with van der Waals surface area (Å²) in [5.74, 6) is -0.0908. The maximum absolute atomic E-state index is 13.4. The number of hydrogen-bond acceptors (Lipinski definition) is 5. The first-order valence-corrected chi connectivity index (χ1v) is 10.8. The first-order valence-electron chi connectivity index (χ1n) is 8.61. The second-order valence-electron chi connectivity index (χ2n) is 6.38. The van der Waals surface area contributed by atoms with Crippen LogP contribution in [0.15, 0.2) is 41.3 Å². The molecule has 2 aromatic rings. The number of hydrogen-bond donors (Lipinski definition) is 3. The van der Waals surface area contributed by atoms with Gasteiger partial charge in [-0.15, -0.1) is 0 Å². The summed E-state index contributed by atoms with van der Waals surface area (Å²) in [6.07, 6.45) is -1.99. The zero-order valence-corrected chi connectivity index (χ0v) is 17.9. The number of carbonyl (C=O) groups is 2. The van der Waals surface area contributed by atoms with E-state index in [-0.39, 0.29) is 51.1 Å². The molecule has 0 saturated heterocycles. The predicted octanol–water partition coefficient (Wildman–Crippen LogP) is 3.18. The lowest BCUT2D eigenvalue weighted by Gasteiger charge is -2.36. The van der Waals surface area contributed by atoms with Crippen molar-refractivity contribution in [3.05, 3.63) is 46.4 Å². The minimum absolute atomic E-state index is 0.0686. The molecule has 30 heavy (non-hydrogen) atoms. The summed E-state index contributed by atoms with van der Waals surface area (Å²) in [6.45, 7) is 1.26. The lowest BCUT2D eigenvalue weighted by Crippen LogP contribution is -2.48. The number of nitrogens with zero attached hydrogens (tertiary/aromatic N) is 1. The molecule has 1 aliphatic heterocycles. The van der Waals surface area contributed by atoms with Crippen LogP contribution in [-0.2, 0) is 14.8 Å². The average Bonchev–Trinajstić information content (AvgIpc) is 2.67.